The summed E-state index contributed by atoms with van der Waals surface area (Å²) < 4.78 is 11.6. The Morgan fingerprint density at radius 1 is 1.41 bits per heavy atom. The second kappa shape index (κ2) is 4.97. The standard InChI is InChI=1S/C12H14N2O3/c1-16-7-6-14-11-5-3-4-9(12(15)17-2)10(11)8-13-14/h3-5,8H,6-7H2,1-2H3. The third kappa shape index (κ3) is 2.14. The zero-order valence-electron chi connectivity index (χ0n) is 9.84. The van der Waals surface area contributed by atoms with Crippen LogP contribution in [0.3, 0.4) is 0 Å². The predicted molar refractivity (Wildman–Crippen MR) is 62.9 cm³/mol. The summed E-state index contributed by atoms with van der Waals surface area (Å²) in [4.78, 5) is 11.6. The summed E-state index contributed by atoms with van der Waals surface area (Å²) in [6.07, 6.45) is 1.68. The van der Waals surface area contributed by atoms with E-state index in [2.05, 4.69) is 5.10 Å². The van der Waals surface area contributed by atoms with Crippen molar-refractivity contribution in [1.29, 1.82) is 0 Å². The Balaban J connectivity index is 2.45. The maximum Gasteiger partial charge on any atom is 0.338 e. The zero-order chi connectivity index (χ0) is 12.3. The van der Waals surface area contributed by atoms with Crippen LogP contribution in [0.25, 0.3) is 10.9 Å². The number of hydrogen-bond donors (Lipinski definition) is 0. The Kier molecular flexibility index (Phi) is 3.39. The van der Waals surface area contributed by atoms with Crippen LogP contribution in [-0.2, 0) is 16.0 Å². The summed E-state index contributed by atoms with van der Waals surface area (Å²) in [6, 6.07) is 5.47. The van der Waals surface area contributed by atoms with E-state index in [1.807, 2.05) is 16.8 Å². The van der Waals surface area contributed by atoms with Gasteiger partial charge in [0.25, 0.3) is 0 Å². The molecule has 0 atom stereocenters. The Morgan fingerprint density at radius 2 is 2.24 bits per heavy atom. The molecule has 0 saturated carbocycles. The van der Waals surface area contributed by atoms with E-state index >= 15 is 0 Å². The maximum atomic E-state index is 11.6. The van der Waals surface area contributed by atoms with Crippen LogP contribution in [0.1, 0.15) is 10.4 Å². The van der Waals surface area contributed by atoms with Gasteiger partial charge in [-0.05, 0) is 12.1 Å². The molecule has 90 valence electrons. The lowest BCUT2D eigenvalue weighted by atomic mass is 10.1. The van der Waals surface area contributed by atoms with Gasteiger partial charge in [0.1, 0.15) is 0 Å². The Bertz CT molecular complexity index is 534. The highest BCUT2D eigenvalue weighted by molar-refractivity contribution is 6.03. The average Bonchev–Trinajstić information content (AvgIpc) is 2.78. The Hall–Kier alpha value is -1.88. The highest BCUT2D eigenvalue weighted by Gasteiger charge is 2.12. The molecule has 5 nitrogen and oxygen atoms in total. The largest absolute Gasteiger partial charge is 0.465 e. The van der Waals surface area contributed by atoms with Crippen molar-refractivity contribution >= 4 is 16.9 Å². The lowest BCUT2D eigenvalue weighted by molar-refractivity contribution is 0.0603. The number of ether oxygens (including phenoxy) is 2. The molecule has 0 saturated heterocycles. The first-order valence-corrected chi connectivity index (χ1v) is 5.29. The number of benzene rings is 1. The van der Waals surface area contributed by atoms with Gasteiger partial charge in [-0.15, -0.1) is 0 Å². The van der Waals surface area contributed by atoms with Gasteiger partial charge < -0.3 is 9.47 Å². The minimum atomic E-state index is -0.345. The van der Waals surface area contributed by atoms with Gasteiger partial charge in [0.05, 0.1) is 37.5 Å². The van der Waals surface area contributed by atoms with Crippen LogP contribution >= 0.6 is 0 Å². The number of rotatable bonds is 4. The normalized spacial score (nSPS) is 10.7. The summed E-state index contributed by atoms with van der Waals surface area (Å²) in [7, 11) is 3.02. The van der Waals surface area contributed by atoms with Crippen molar-refractivity contribution < 1.29 is 14.3 Å². The van der Waals surface area contributed by atoms with Crippen LogP contribution < -0.4 is 0 Å². The second-order valence-corrected chi connectivity index (χ2v) is 3.59. The summed E-state index contributed by atoms with van der Waals surface area (Å²) >= 11 is 0. The fraction of sp³-hybridized carbons (Fsp3) is 0.333. The summed E-state index contributed by atoms with van der Waals surface area (Å²) in [5.74, 6) is -0.345. The van der Waals surface area contributed by atoms with Crippen LogP contribution in [-0.4, -0.2) is 36.6 Å². The van der Waals surface area contributed by atoms with Gasteiger partial charge in [-0.1, -0.05) is 6.07 Å². The minimum absolute atomic E-state index is 0.345. The number of nitrogens with zero attached hydrogens (tertiary/aromatic N) is 2. The van der Waals surface area contributed by atoms with Gasteiger partial charge in [0, 0.05) is 12.5 Å². The van der Waals surface area contributed by atoms with Crippen molar-refractivity contribution in [3.63, 3.8) is 0 Å². The number of fused-ring (bicyclic) bond motifs is 1. The quantitative estimate of drug-likeness (QED) is 0.752. The molecule has 0 aliphatic heterocycles. The molecule has 0 N–H and O–H groups in total. The highest BCUT2D eigenvalue weighted by atomic mass is 16.5. The third-order valence-electron chi connectivity index (χ3n) is 2.60. The van der Waals surface area contributed by atoms with E-state index in [4.69, 9.17) is 9.47 Å². The maximum absolute atomic E-state index is 11.6. The summed E-state index contributed by atoms with van der Waals surface area (Å²) in [6.45, 7) is 1.24. The topological polar surface area (TPSA) is 53.4 Å². The molecule has 1 aromatic heterocycles. The van der Waals surface area contributed by atoms with Gasteiger partial charge >= 0.3 is 5.97 Å². The van der Waals surface area contributed by atoms with E-state index in [0.29, 0.717) is 18.7 Å². The first kappa shape index (κ1) is 11.6. The molecule has 0 fully saturated rings. The van der Waals surface area contributed by atoms with Crippen molar-refractivity contribution in [2.24, 2.45) is 0 Å². The lowest BCUT2D eigenvalue weighted by Gasteiger charge is -2.04. The molecule has 0 aliphatic carbocycles. The molecule has 1 aromatic carbocycles. The minimum Gasteiger partial charge on any atom is -0.465 e. The molecule has 17 heavy (non-hydrogen) atoms. The van der Waals surface area contributed by atoms with E-state index in [-0.39, 0.29) is 5.97 Å². The van der Waals surface area contributed by atoms with E-state index in [9.17, 15) is 4.79 Å². The van der Waals surface area contributed by atoms with Crippen molar-refractivity contribution in [3.05, 3.63) is 30.0 Å². The van der Waals surface area contributed by atoms with Gasteiger partial charge in [-0.3, -0.25) is 4.68 Å². The summed E-state index contributed by atoms with van der Waals surface area (Å²) in [5.41, 5.74) is 1.44. The van der Waals surface area contributed by atoms with Crippen molar-refractivity contribution in [2.75, 3.05) is 20.8 Å². The molecule has 0 radical (unpaired) electrons. The first-order chi connectivity index (χ1) is 8.27. The van der Waals surface area contributed by atoms with E-state index in [1.54, 1.807) is 19.4 Å². The number of aromatic nitrogens is 2. The van der Waals surface area contributed by atoms with E-state index in [1.165, 1.54) is 7.11 Å². The molecule has 0 spiro atoms. The smallest absolute Gasteiger partial charge is 0.338 e. The predicted octanol–water partition coefficient (Wildman–Crippen LogP) is 1.47. The Labute approximate surface area is 98.9 Å². The number of carbonyl (C=O) groups is 1. The number of esters is 1. The number of carbonyl (C=O) groups excluding carboxylic acids is 1. The van der Waals surface area contributed by atoms with E-state index < -0.39 is 0 Å². The molecule has 0 aliphatic rings. The number of methoxy groups -OCH3 is 2. The molecular formula is C12H14N2O3. The van der Waals surface area contributed by atoms with Gasteiger partial charge in [-0.25, -0.2) is 4.79 Å². The SMILES string of the molecule is COCCn1ncc2c(C(=O)OC)cccc21. The fourth-order valence-electron chi connectivity index (χ4n) is 1.75. The third-order valence-corrected chi connectivity index (χ3v) is 2.60. The first-order valence-electron chi connectivity index (χ1n) is 5.29. The Morgan fingerprint density at radius 3 is 2.94 bits per heavy atom. The molecule has 0 bridgehead atoms. The molecule has 0 unspecified atom stereocenters. The van der Waals surface area contributed by atoms with Crippen LogP contribution in [0.15, 0.2) is 24.4 Å². The number of hydrogen-bond acceptors (Lipinski definition) is 4. The average molecular weight is 234 g/mol. The van der Waals surface area contributed by atoms with Gasteiger partial charge in [0.2, 0.25) is 0 Å². The van der Waals surface area contributed by atoms with Crippen LogP contribution in [0, 0.1) is 0 Å². The van der Waals surface area contributed by atoms with E-state index in [0.717, 1.165) is 10.9 Å². The van der Waals surface area contributed by atoms with Crippen LogP contribution in [0.5, 0.6) is 0 Å². The molecule has 0 amide bonds. The zero-order valence-corrected chi connectivity index (χ0v) is 9.84. The molecular weight excluding hydrogens is 220 g/mol. The highest BCUT2D eigenvalue weighted by Crippen LogP contribution is 2.19. The molecule has 1 heterocycles. The van der Waals surface area contributed by atoms with Crippen LogP contribution in [0.2, 0.25) is 0 Å². The second-order valence-electron chi connectivity index (χ2n) is 3.59. The molecule has 2 aromatic rings. The monoisotopic (exact) mass is 234 g/mol. The van der Waals surface area contributed by atoms with Crippen molar-refractivity contribution in [1.82, 2.24) is 9.78 Å². The van der Waals surface area contributed by atoms with Crippen molar-refractivity contribution in [3.8, 4) is 0 Å². The van der Waals surface area contributed by atoms with Crippen LogP contribution in [0.4, 0.5) is 0 Å². The van der Waals surface area contributed by atoms with Gasteiger partial charge in [-0.2, -0.15) is 5.10 Å². The molecule has 2 rings (SSSR count). The molecule has 5 heteroatoms. The lowest BCUT2D eigenvalue weighted by Crippen LogP contribution is -2.06. The van der Waals surface area contributed by atoms with Crippen molar-refractivity contribution in [2.45, 2.75) is 6.54 Å². The van der Waals surface area contributed by atoms with Gasteiger partial charge in [0.15, 0.2) is 0 Å². The fourth-order valence-corrected chi connectivity index (χ4v) is 1.75. The summed E-state index contributed by atoms with van der Waals surface area (Å²) in [5, 5.41) is 5.04.